The predicted molar refractivity (Wildman–Crippen MR) is 115 cm³/mol. The van der Waals surface area contributed by atoms with Crippen molar-refractivity contribution in [3.8, 4) is 17.2 Å². The molecular weight excluding hydrogens is 403 g/mol. The van der Waals surface area contributed by atoms with Crippen LogP contribution in [0.4, 0.5) is 21.8 Å². The molecule has 9 heteroatoms. The molecule has 3 aromatic rings. The minimum absolute atomic E-state index is 0.102. The first kappa shape index (κ1) is 21.8. The lowest BCUT2D eigenvalue weighted by Crippen LogP contribution is -2.25. The molecule has 1 aromatic heterocycles. The first-order chi connectivity index (χ1) is 14.9. The Bertz CT molecular complexity index is 1060. The van der Waals surface area contributed by atoms with Crippen LogP contribution in [0.15, 0.2) is 42.6 Å². The SMILES string of the molecule is COc1cc(Cc2cnc(N(C(C)=O)c3ccc(F)cc3)nc2N)cc(OC)c1OC. The van der Waals surface area contributed by atoms with E-state index in [-0.39, 0.29) is 17.7 Å². The van der Waals surface area contributed by atoms with Gasteiger partial charge in [0, 0.05) is 25.1 Å². The van der Waals surface area contributed by atoms with Crippen molar-refractivity contribution in [2.45, 2.75) is 13.3 Å². The summed E-state index contributed by atoms with van der Waals surface area (Å²) in [5, 5.41) is 0. The largest absolute Gasteiger partial charge is 0.493 e. The number of carbonyl (C=O) groups excluding carboxylic acids is 1. The molecule has 31 heavy (non-hydrogen) atoms. The van der Waals surface area contributed by atoms with Crippen LogP contribution in [-0.4, -0.2) is 37.2 Å². The van der Waals surface area contributed by atoms with Crippen LogP contribution in [0.25, 0.3) is 0 Å². The number of anilines is 3. The van der Waals surface area contributed by atoms with Crippen molar-refractivity contribution in [1.82, 2.24) is 9.97 Å². The van der Waals surface area contributed by atoms with Crippen LogP contribution in [0.3, 0.4) is 0 Å². The average molecular weight is 426 g/mol. The van der Waals surface area contributed by atoms with Crippen LogP contribution >= 0.6 is 0 Å². The summed E-state index contributed by atoms with van der Waals surface area (Å²) >= 11 is 0. The fourth-order valence-electron chi connectivity index (χ4n) is 3.14. The molecule has 1 amide bonds. The summed E-state index contributed by atoms with van der Waals surface area (Å²) in [5.41, 5.74) is 8.11. The average Bonchev–Trinajstić information content (AvgIpc) is 2.76. The molecule has 0 fully saturated rings. The smallest absolute Gasteiger partial charge is 0.238 e. The number of carbonyl (C=O) groups is 1. The van der Waals surface area contributed by atoms with Gasteiger partial charge in [0.05, 0.1) is 27.0 Å². The second-order valence-corrected chi connectivity index (χ2v) is 6.62. The summed E-state index contributed by atoms with van der Waals surface area (Å²) in [7, 11) is 4.62. The van der Waals surface area contributed by atoms with Gasteiger partial charge in [-0.05, 0) is 42.0 Å². The molecule has 162 valence electrons. The lowest BCUT2D eigenvalue weighted by Gasteiger charge is -2.20. The minimum atomic E-state index is -0.409. The number of methoxy groups -OCH3 is 3. The van der Waals surface area contributed by atoms with E-state index in [1.807, 2.05) is 12.1 Å². The number of rotatable bonds is 7. The van der Waals surface area contributed by atoms with Gasteiger partial charge in [0.25, 0.3) is 0 Å². The van der Waals surface area contributed by atoms with Gasteiger partial charge in [-0.1, -0.05) is 0 Å². The highest BCUT2D eigenvalue weighted by Gasteiger charge is 2.19. The molecule has 0 radical (unpaired) electrons. The van der Waals surface area contributed by atoms with Crippen molar-refractivity contribution in [2.75, 3.05) is 32.0 Å². The van der Waals surface area contributed by atoms with Gasteiger partial charge in [0.15, 0.2) is 11.5 Å². The third kappa shape index (κ3) is 4.66. The predicted octanol–water partition coefficient (Wildman–Crippen LogP) is 3.50. The molecule has 0 aliphatic heterocycles. The Morgan fingerprint density at radius 3 is 2.16 bits per heavy atom. The number of ether oxygens (including phenoxy) is 3. The number of nitrogens with zero attached hydrogens (tertiary/aromatic N) is 3. The number of hydrogen-bond acceptors (Lipinski definition) is 7. The zero-order valence-corrected chi connectivity index (χ0v) is 17.7. The first-order valence-corrected chi connectivity index (χ1v) is 9.34. The third-order valence-electron chi connectivity index (χ3n) is 4.60. The zero-order valence-electron chi connectivity index (χ0n) is 17.7. The summed E-state index contributed by atoms with van der Waals surface area (Å²) in [6.07, 6.45) is 1.96. The molecule has 0 spiro atoms. The number of amides is 1. The van der Waals surface area contributed by atoms with Gasteiger partial charge >= 0.3 is 0 Å². The van der Waals surface area contributed by atoms with Crippen LogP contribution in [0, 0.1) is 5.82 Å². The summed E-state index contributed by atoms with van der Waals surface area (Å²) in [6, 6.07) is 9.09. The van der Waals surface area contributed by atoms with Gasteiger partial charge in [-0.25, -0.2) is 14.3 Å². The maximum Gasteiger partial charge on any atom is 0.238 e. The lowest BCUT2D eigenvalue weighted by molar-refractivity contribution is -0.115. The Kier molecular flexibility index (Phi) is 6.54. The molecule has 0 atom stereocenters. The van der Waals surface area contributed by atoms with Crippen LogP contribution in [0.1, 0.15) is 18.1 Å². The van der Waals surface area contributed by atoms with Crippen molar-refractivity contribution in [2.24, 2.45) is 0 Å². The standard InChI is InChI=1S/C22H23FN4O4/c1-13(28)27(17-7-5-16(23)6-8-17)22-25-12-15(21(24)26-22)9-14-10-18(29-2)20(31-4)19(11-14)30-3/h5-8,10-12H,9H2,1-4H3,(H2,24,25,26). The van der Waals surface area contributed by atoms with Crippen LogP contribution in [0.5, 0.6) is 17.2 Å². The van der Waals surface area contributed by atoms with E-state index in [0.29, 0.717) is 34.9 Å². The van der Waals surface area contributed by atoms with Crippen molar-refractivity contribution >= 4 is 23.4 Å². The number of halogens is 1. The summed E-state index contributed by atoms with van der Waals surface area (Å²) in [6.45, 7) is 1.37. The highest BCUT2D eigenvalue weighted by molar-refractivity contribution is 5.97. The van der Waals surface area contributed by atoms with E-state index in [1.54, 1.807) is 20.4 Å². The molecule has 3 rings (SSSR count). The maximum absolute atomic E-state index is 13.3. The number of hydrogen-bond donors (Lipinski definition) is 1. The number of aromatic nitrogens is 2. The van der Waals surface area contributed by atoms with Crippen molar-refractivity contribution in [3.05, 3.63) is 59.5 Å². The third-order valence-corrected chi connectivity index (χ3v) is 4.60. The monoisotopic (exact) mass is 426 g/mol. The van der Waals surface area contributed by atoms with E-state index in [0.717, 1.165) is 5.56 Å². The molecule has 0 saturated carbocycles. The first-order valence-electron chi connectivity index (χ1n) is 9.34. The summed E-state index contributed by atoms with van der Waals surface area (Å²) in [5.74, 6) is 1.11. The highest BCUT2D eigenvalue weighted by Crippen LogP contribution is 2.39. The van der Waals surface area contributed by atoms with E-state index < -0.39 is 5.82 Å². The quantitative estimate of drug-likeness (QED) is 0.617. The summed E-state index contributed by atoms with van der Waals surface area (Å²) < 4.78 is 29.4. The van der Waals surface area contributed by atoms with Crippen molar-refractivity contribution in [1.29, 1.82) is 0 Å². The Morgan fingerprint density at radius 1 is 1.06 bits per heavy atom. The van der Waals surface area contributed by atoms with Crippen molar-refractivity contribution < 1.29 is 23.4 Å². The van der Waals surface area contributed by atoms with Crippen LogP contribution in [-0.2, 0) is 11.2 Å². The molecule has 0 aliphatic carbocycles. The summed E-state index contributed by atoms with van der Waals surface area (Å²) in [4.78, 5) is 22.1. The molecule has 0 aliphatic rings. The minimum Gasteiger partial charge on any atom is -0.493 e. The van der Waals surface area contributed by atoms with Gasteiger partial charge in [-0.2, -0.15) is 4.98 Å². The van der Waals surface area contributed by atoms with E-state index in [4.69, 9.17) is 19.9 Å². The van der Waals surface area contributed by atoms with Gasteiger partial charge in [0.1, 0.15) is 11.6 Å². The fraction of sp³-hybridized carbons (Fsp3) is 0.227. The Labute approximate surface area is 179 Å². The van der Waals surface area contributed by atoms with Crippen LogP contribution in [0.2, 0.25) is 0 Å². The van der Waals surface area contributed by atoms with E-state index in [9.17, 15) is 9.18 Å². The number of nitrogen functional groups attached to an aromatic ring is 1. The second-order valence-electron chi connectivity index (χ2n) is 6.62. The number of nitrogens with two attached hydrogens (primary N) is 1. The zero-order chi connectivity index (χ0) is 22.5. The molecule has 0 unspecified atom stereocenters. The van der Waals surface area contributed by atoms with Gasteiger partial charge < -0.3 is 19.9 Å². The molecule has 8 nitrogen and oxygen atoms in total. The molecule has 0 bridgehead atoms. The van der Waals surface area contributed by atoms with E-state index >= 15 is 0 Å². The van der Waals surface area contributed by atoms with Crippen molar-refractivity contribution in [3.63, 3.8) is 0 Å². The molecule has 2 N–H and O–H groups in total. The molecular formula is C22H23FN4O4. The Hall–Kier alpha value is -3.88. The van der Waals surface area contributed by atoms with Crippen LogP contribution < -0.4 is 24.8 Å². The second kappa shape index (κ2) is 9.29. The molecule has 1 heterocycles. The maximum atomic E-state index is 13.3. The Morgan fingerprint density at radius 2 is 1.68 bits per heavy atom. The van der Waals surface area contributed by atoms with Gasteiger partial charge in [0.2, 0.25) is 17.6 Å². The van der Waals surface area contributed by atoms with E-state index in [1.165, 1.54) is 43.2 Å². The highest BCUT2D eigenvalue weighted by atomic mass is 19.1. The fourth-order valence-corrected chi connectivity index (χ4v) is 3.14. The molecule has 2 aromatic carbocycles. The molecule has 0 saturated heterocycles. The topological polar surface area (TPSA) is 99.8 Å². The normalized spacial score (nSPS) is 10.5. The van der Waals surface area contributed by atoms with E-state index in [2.05, 4.69) is 9.97 Å². The Balaban J connectivity index is 1.93. The number of benzene rings is 2. The van der Waals surface area contributed by atoms with Gasteiger partial charge in [-0.3, -0.25) is 4.79 Å². The van der Waals surface area contributed by atoms with Gasteiger partial charge in [-0.15, -0.1) is 0 Å². The lowest BCUT2D eigenvalue weighted by atomic mass is 10.1.